The Kier molecular flexibility index (Phi) is 9.92. The minimum Gasteiger partial charge on any atom is -0.462 e. The number of pyridine rings is 1. The second-order valence-electron chi connectivity index (χ2n) is 12.0. The second kappa shape index (κ2) is 13.3. The number of sulfonamides is 1. The first-order valence-electron chi connectivity index (χ1n) is 14.6. The number of hydrogen-bond acceptors (Lipinski definition) is 9. The number of amides is 2. The van der Waals surface area contributed by atoms with E-state index in [0.717, 1.165) is 6.42 Å². The number of carbonyl (C=O) groups excluding carboxylic acids is 3. The summed E-state index contributed by atoms with van der Waals surface area (Å²) >= 11 is 0. The topological polar surface area (TPSA) is 150 Å². The zero-order chi connectivity index (χ0) is 31.4. The van der Waals surface area contributed by atoms with Crippen LogP contribution in [0.2, 0.25) is 19.6 Å². The Morgan fingerprint density at radius 2 is 1.81 bits per heavy atom. The standard InChI is InChI=1S/C30H39N5O6SSi/c1-5-41-30(38)25-17-23(18-31)28(32-26(25)19-35-14-6-7-27(35)36)34-15-12-22(13-16-34)29(37)33-42(39,40)20-21-8-10-24(11-9-21)43(2,3)4/h8-11,17,22H,5-7,12-16,19-20H2,1-4H3,(H,33,37). The summed E-state index contributed by atoms with van der Waals surface area (Å²) in [5.41, 5.74) is 1.30. The molecule has 4 rings (SSSR count). The summed E-state index contributed by atoms with van der Waals surface area (Å²) < 4.78 is 33.0. The average molecular weight is 626 g/mol. The molecule has 0 aliphatic carbocycles. The van der Waals surface area contributed by atoms with Crippen molar-refractivity contribution in [3.05, 3.63) is 52.7 Å². The van der Waals surface area contributed by atoms with Crippen LogP contribution in [0.4, 0.5) is 5.82 Å². The van der Waals surface area contributed by atoms with Crippen LogP contribution in [0.25, 0.3) is 0 Å². The summed E-state index contributed by atoms with van der Waals surface area (Å²) in [5.74, 6) is -1.61. The molecule has 2 amide bonds. The third-order valence-electron chi connectivity index (χ3n) is 7.81. The van der Waals surface area contributed by atoms with Crippen molar-refractivity contribution >= 4 is 46.9 Å². The highest BCUT2D eigenvalue weighted by Crippen LogP contribution is 2.28. The van der Waals surface area contributed by atoms with Gasteiger partial charge >= 0.3 is 5.97 Å². The highest BCUT2D eigenvalue weighted by atomic mass is 32.2. The fourth-order valence-corrected chi connectivity index (χ4v) is 7.71. The predicted molar refractivity (Wildman–Crippen MR) is 165 cm³/mol. The zero-order valence-corrected chi connectivity index (χ0v) is 27.0. The number of ether oxygens (including phenoxy) is 1. The van der Waals surface area contributed by atoms with Gasteiger partial charge in [0, 0.05) is 32.0 Å². The number of nitrogens with one attached hydrogen (secondary N) is 1. The van der Waals surface area contributed by atoms with E-state index in [0.29, 0.717) is 56.0 Å². The molecule has 1 aromatic carbocycles. The lowest BCUT2D eigenvalue weighted by Crippen LogP contribution is -2.43. The number of carbonyl (C=O) groups is 3. The van der Waals surface area contributed by atoms with Crippen LogP contribution in [0.5, 0.6) is 0 Å². The third-order valence-corrected chi connectivity index (χ3v) is 11.1. The van der Waals surface area contributed by atoms with Crippen molar-refractivity contribution in [1.29, 1.82) is 5.26 Å². The first kappa shape index (κ1) is 32.2. The van der Waals surface area contributed by atoms with Gasteiger partial charge in [0.1, 0.15) is 11.9 Å². The lowest BCUT2D eigenvalue weighted by molar-refractivity contribution is -0.128. The van der Waals surface area contributed by atoms with Crippen LogP contribution < -0.4 is 14.8 Å². The number of benzene rings is 1. The average Bonchev–Trinajstić information content (AvgIpc) is 3.36. The van der Waals surface area contributed by atoms with E-state index >= 15 is 0 Å². The van der Waals surface area contributed by atoms with Crippen LogP contribution in [0, 0.1) is 17.2 Å². The molecule has 2 saturated heterocycles. The summed E-state index contributed by atoms with van der Waals surface area (Å²) in [6.07, 6.45) is 1.89. The fraction of sp³-hybridized carbons (Fsp3) is 0.500. The van der Waals surface area contributed by atoms with E-state index in [-0.39, 0.29) is 35.9 Å². The summed E-state index contributed by atoms with van der Waals surface area (Å²) in [6, 6.07) is 11.1. The second-order valence-corrected chi connectivity index (χ2v) is 18.8. The van der Waals surface area contributed by atoms with Crippen molar-refractivity contribution in [2.24, 2.45) is 5.92 Å². The maximum Gasteiger partial charge on any atom is 0.340 e. The number of nitrogens with zero attached hydrogens (tertiary/aromatic N) is 4. The van der Waals surface area contributed by atoms with Crippen LogP contribution in [-0.4, -0.2) is 70.4 Å². The van der Waals surface area contributed by atoms with Crippen LogP contribution >= 0.6 is 0 Å². The van der Waals surface area contributed by atoms with Gasteiger partial charge in [-0.25, -0.2) is 18.2 Å². The number of hydrogen-bond donors (Lipinski definition) is 1. The highest BCUT2D eigenvalue weighted by Gasteiger charge is 2.31. The Hall–Kier alpha value is -3.76. The van der Waals surface area contributed by atoms with Crippen molar-refractivity contribution in [3.8, 4) is 6.07 Å². The molecule has 0 radical (unpaired) electrons. The van der Waals surface area contributed by atoms with E-state index in [9.17, 15) is 28.1 Å². The van der Waals surface area contributed by atoms with Gasteiger partial charge in [0.05, 0.1) is 43.8 Å². The minimum atomic E-state index is -3.88. The number of esters is 1. The largest absolute Gasteiger partial charge is 0.462 e. The van der Waals surface area contributed by atoms with Crippen LogP contribution in [0.1, 0.15) is 59.8 Å². The van der Waals surface area contributed by atoms with E-state index < -0.39 is 35.9 Å². The molecule has 3 heterocycles. The molecule has 0 unspecified atom stereocenters. The number of aromatic nitrogens is 1. The molecule has 43 heavy (non-hydrogen) atoms. The number of piperidine rings is 1. The third kappa shape index (κ3) is 8.00. The number of likely N-dealkylation sites (tertiary alicyclic amines) is 1. The monoisotopic (exact) mass is 625 g/mol. The van der Waals surface area contributed by atoms with Crippen molar-refractivity contribution in [2.75, 3.05) is 31.1 Å². The molecule has 2 aromatic rings. The molecule has 2 aliphatic rings. The predicted octanol–water partition coefficient (Wildman–Crippen LogP) is 2.66. The van der Waals surface area contributed by atoms with Gasteiger partial charge in [-0.15, -0.1) is 0 Å². The summed E-state index contributed by atoms with van der Waals surface area (Å²) in [7, 11) is -5.39. The van der Waals surface area contributed by atoms with E-state index in [1.807, 2.05) is 17.0 Å². The van der Waals surface area contributed by atoms with Gasteiger partial charge in [-0.2, -0.15) is 5.26 Å². The van der Waals surface area contributed by atoms with Crippen molar-refractivity contribution in [2.45, 2.75) is 64.5 Å². The van der Waals surface area contributed by atoms with Gasteiger partial charge in [0.25, 0.3) is 0 Å². The molecular weight excluding hydrogens is 587 g/mol. The maximum absolute atomic E-state index is 13.0. The fourth-order valence-electron chi connectivity index (χ4n) is 5.37. The smallest absolute Gasteiger partial charge is 0.340 e. The number of anilines is 1. The molecule has 13 heteroatoms. The Balaban J connectivity index is 1.44. The molecule has 11 nitrogen and oxygen atoms in total. The first-order valence-corrected chi connectivity index (χ1v) is 19.7. The Bertz CT molecular complexity index is 1520. The molecule has 0 saturated carbocycles. The molecule has 1 N–H and O–H groups in total. The molecule has 0 atom stereocenters. The van der Waals surface area contributed by atoms with Gasteiger partial charge in [-0.3, -0.25) is 14.3 Å². The lowest BCUT2D eigenvalue weighted by Gasteiger charge is -2.33. The molecule has 1 aromatic heterocycles. The van der Waals surface area contributed by atoms with Crippen molar-refractivity contribution < 1.29 is 27.5 Å². The normalized spacial score (nSPS) is 16.2. The molecular formula is C30H39N5O6SSi. The highest BCUT2D eigenvalue weighted by molar-refractivity contribution is 7.89. The number of rotatable bonds is 10. The van der Waals surface area contributed by atoms with E-state index in [1.165, 1.54) is 11.3 Å². The summed E-state index contributed by atoms with van der Waals surface area (Å²) in [6.45, 7) is 9.90. The summed E-state index contributed by atoms with van der Waals surface area (Å²) in [4.78, 5) is 46.1. The number of nitriles is 1. The van der Waals surface area contributed by atoms with Gasteiger partial charge in [-0.05, 0) is 37.8 Å². The SMILES string of the molecule is CCOC(=O)c1cc(C#N)c(N2CCC(C(=O)NS(=O)(=O)Cc3ccc([Si](C)(C)C)cc3)CC2)nc1CN1CCCC1=O. The molecule has 230 valence electrons. The Labute approximate surface area is 254 Å². The van der Waals surface area contributed by atoms with Gasteiger partial charge in [-0.1, -0.05) is 49.1 Å². The van der Waals surface area contributed by atoms with Crippen LogP contribution in [-0.2, 0) is 36.6 Å². The van der Waals surface area contributed by atoms with E-state index in [4.69, 9.17) is 4.74 Å². The minimum absolute atomic E-state index is 0.0205. The van der Waals surface area contributed by atoms with Crippen LogP contribution in [0.3, 0.4) is 0 Å². The quantitative estimate of drug-likeness (QED) is 0.311. The van der Waals surface area contributed by atoms with Crippen molar-refractivity contribution in [1.82, 2.24) is 14.6 Å². The summed E-state index contributed by atoms with van der Waals surface area (Å²) in [5, 5.41) is 11.1. The van der Waals surface area contributed by atoms with Gasteiger partial charge in [0.2, 0.25) is 21.8 Å². The Morgan fingerprint density at radius 1 is 1.14 bits per heavy atom. The lowest BCUT2D eigenvalue weighted by atomic mass is 9.96. The van der Waals surface area contributed by atoms with Gasteiger partial charge < -0.3 is 14.5 Å². The zero-order valence-electron chi connectivity index (χ0n) is 25.2. The first-order chi connectivity index (χ1) is 20.3. The van der Waals surface area contributed by atoms with Crippen molar-refractivity contribution in [3.63, 3.8) is 0 Å². The molecule has 0 bridgehead atoms. The van der Waals surface area contributed by atoms with E-state index in [2.05, 4.69) is 35.4 Å². The van der Waals surface area contributed by atoms with E-state index in [1.54, 1.807) is 24.0 Å². The molecule has 2 aliphatic heterocycles. The van der Waals surface area contributed by atoms with Gasteiger partial charge in [0.15, 0.2) is 0 Å². The molecule has 2 fully saturated rings. The Morgan fingerprint density at radius 3 is 2.37 bits per heavy atom. The molecule has 0 spiro atoms. The maximum atomic E-state index is 13.0. The van der Waals surface area contributed by atoms with Crippen LogP contribution in [0.15, 0.2) is 30.3 Å².